The molecule has 0 radical (unpaired) electrons. The highest BCUT2D eigenvalue weighted by atomic mass is 16.1. The summed E-state index contributed by atoms with van der Waals surface area (Å²) in [7, 11) is 0. The van der Waals surface area contributed by atoms with Crippen molar-refractivity contribution in [3.8, 4) is 11.4 Å². The van der Waals surface area contributed by atoms with Gasteiger partial charge in [-0.25, -0.2) is 9.97 Å². The number of benzene rings is 1. The molecule has 0 amide bonds. The molecule has 0 saturated carbocycles. The second-order valence-electron chi connectivity index (χ2n) is 3.67. The SMILES string of the molecule is CC.CC.CC(=O)c1cnc(-c2ccccc2C)nc1. The predicted molar refractivity (Wildman–Crippen MR) is 84.9 cm³/mol. The van der Waals surface area contributed by atoms with E-state index in [0.29, 0.717) is 11.4 Å². The fourth-order valence-electron chi connectivity index (χ4n) is 1.47. The Labute approximate surface area is 122 Å². The van der Waals surface area contributed by atoms with Gasteiger partial charge in [-0.05, 0) is 19.4 Å². The third-order valence-electron chi connectivity index (χ3n) is 2.44. The lowest BCUT2D eigenvalue weighted by atomic mass is 10.1. The van der Waals surface area contributed by atoms with Crippen molar-refractivity contribution in [2.24, 2.45) is 0 Å². The molecule has 3 heteroatoms. The molecule has 0 N–H and O–H groups in total. The molecule has 0 bridgehead atoms. The zero-order valence-electron chi connectivity index (χ0n) is 13.3. The summed E-state index contributed by atoms with van der Waals surface area (Å²) in [6.45, 7) is 11.5. The van der Waals surface area contributed by atoms with Crippen molar-refractivity contribution in [2.45, 2.75) is 41.5 Å². The molecule has 2 aromatic rings. The van der Waals surface area contributed by atoms with Crippen LogP contribution in [0.5, 0.6) is 0 Å². The first-order chi connectivity index (χ1) is 9.68. The molecule has 0 atom stereocenters. The van der Waals surface area contributed by atoms with Crippen molar-refractivity contribution in [1.82, 2.24) is 9.97 Å². The van der Waals surface area contributed by atoms with E-state index >= 15 is 0 Å². The third kappa shape index (κ3) is 4.92. The number of hydrogen-bond acceptors (Lipinski definition) is 3. The van der Waals surface area contributed by atoms with Crippen molar-refractivity contribution in [2.75, 3.05) is 0 Å². The fraction of sp³-hybridized carbons (Fsp3) is 0.353. The van der Waals surface area contributed by atoms with Crippen LogP contribution < -0.4 is 0 Å². The number of ketones is 1. The van der Waals surface area contributed by atoms with Crippen LogP contribution in [0.3, 0.4) is 0 Å². The van der Waals surface area contributed by atoms with Crippen molar-refractivity contribution >= 4 is 5.78 Å². The minimum atomic E-state index is -0.0173. The van der Waals surface area contributed by atoms with E-state index in [1.807, 2.05) is 58.9 Å². The van der Waals surface area contributed by atoms with Crippen LogP contribution in [-0.4, -0.2) is 15.8 Å². The topological polar surface area (TPSA) is 42.9 Å². The predicted octanol–water partition coefficient (Wildman–Crippen LogP) is 4.71. The molecule has 2 rings (SSSR count). The van der Waals surface area contributed by atoms with E-state index in [9.17, 15) is 4.79 Å². The fourth-order valence-corrected chi connectivity index (χ4v) is 1.47. The summed E-state index contributed by atoms with van der Waals surface area (Å²) in [4.78, 5) is 19.5. The lowest BCUT2D eigenvalue weighted by Crippen LogP contribution is -1.97. The van der Waals surface area contributed by atoms with Crippen LogP contribution in [0.1, 0.15) is 50.5 Å². The first-order valence-electron chi connectivity index (χ1n) is 7.07. The quantitative estimate of drug-likeness (QED) is 0.744. The van der Waals surface area contributed by atoms with Gasteiger partial charge in [0.05, 0.1) is 5.56 Å². The number of Topliss-reactive ketones (excluding diaryl/α,β-unsaturated/α-hetero) is 1. The van der Waals surface area contributed by atoms with E-state index in [1.54, 1.807) is 12.4 Å². The summed E-state index contributed by atoms with van der Waals surface area (Å²) in [5, 5.41) is 0. The van der Waals surface area contributed by atoms with E-state index in [1.165, 1.54) is 6.92 Å². The molecule has 0 aliphatic rings. The molecular formula is C17H24N2O. The minimum absolute atomic E-state index is 0.0173. The van der Waals surface area contributed by atoms with Gasteiger partial charge in [-0.15, -0.1) is 0 Å². The number of aryl methyl sites for hydroxylation is 1. The number of rotatable bonds is 2. The second kappa shape index (κ2) is 9.84. The average molecular weight is 272 g/mol. The van der Waals surface area contributed by atoms with Gasteiger partial charge >= 0.3 is 0 Å². The van der Waals surface area contributed by atoms with Gasteiger partial charge in [-0.1, -0.05) is 52.0 Å². The number of carbonyl (C=O) groups is 1. The van der Waals surface area contributed by atoms with Crippen molar-refractivity contribution in [3.63, 3.8) is 0 Å². The van der Waals surface area contributed by atoms with Crippen LogP contribution in [0, 0.1) is 6.92 Å². The lowest BCUT2D eigenvalue weighted by molar-refractivity contribution is 0.101. The summed E-state index contributed by atoms with van der Waals surface area (Å²) in [6.07, 6.45) is 3.13. The standard InChI is InChI=1S/C13H12N2O.2C2H6/c1-9-5-3-4-6-12(9)13-14-7-11(8-15-13)10(2)16;2*1-2/h3-8H,1-2H3;2*1-2H3. The average Bonchev–Trinajstić information content (AvgIpc) is 2.52. The smallest absolute Gasteiger partial charge is 0.162 e. The van der Waals surface area contributed by atoms with Gasteiger partial charge in [0.1, 0.15) is 0 Å². The maximum Gasteiger partial charge on any atom is 0.162 e. The molecule has 1 heterocycles. The first-order valence-corrected chi connectivity index (χ1v) is 7.07. The van der Waals surface area contributed by atoms with Crippen LogP contribution in [0.15, 0.2) is 36.7 Å². The van der Waals surface area contributed by atoms with Gasteiger partial charge < -0.3 is 0 Å². The summed E-state index contributed by atoms with van der Waals surface area (Å²) >= 11 is 0. The third-order valence-corrected chi connectivity index (χ3v) is 2.44. The number of hydrogen-bond donors (Lipinski definition) is 0. The van der Waals surface area contributed by atoms with Crippen molar-refractivity contribution in [1.29, 1.82) is 0 Å². The largest absolute Gasteiger partial charge is 0.294 e. The Bertz CT molecular complexity index is 519. The van der Waals surface area contributed by atoms with E-state index in [2.05, 4.69) is 9.97 Å². The van der Waals surface area contributed by atoms with Crippen LogP contribution in [0.25, 0.3) is 11.4 Å². The van der Waals surface area contributed by atoms with Crippen molar-refractivity contribution in [3.05, 3.63) is 47.8 Å². The monoisotopic (exact) mass is 272 g/mol. The maximum atomic E-state index is 11.1. The van der Waals surface area contributed by atoms with Gasteiger partial charge in [0.2, 0.25) is 0 Å². The van der Waals surface area contributed by atoms with Crippen LogP contribution >= 0.6 is 0 Å². The molecule has 20 heavy (non-hydrogen) atoms. The molecule has 0 saturated heterocycles. The molecule has 0 aliphatic heterocycles. The first kappa shape index (κ1) is 18.0. The van der Waals surface area contributed by atoms with Crippen LogP contribution in [0.2, 0.25) is 0 Å². The number of carbonyl (C=O) groups excluding carboxylic acids is 1. The Morgan fingerprint density at radius 1 is 0.950 bits per heavy atom. The highest BCUT2D eigenvalue weighted by Crippen LogP contribution is 2.18. The maximum absolute atomic E-state index is 11.1. The number of aromatic nitrogens is 2. The Balaban J connectivity index is 0.000000829. The van der Waals surface area contributed by atoms with E-state index in [4.69, 9.17) is 0 Å². The van der Waals surface area contributed by atoms with Gasteiger partial charge in [-0.2, -0.15) is 0 Å². The second-order valence-corrected chi connectivity index (χ2v) is 3.67. The Morgan fingerprint density at radius 2 is 1.45 bits per heavy atom. The highest BCUT2D eigenvalue weighted by molar-refractivity contribution is 5.93. The molecular weight excluding hydrogens is 248 g/mol. The molecule has 0 fully saturated rings. The molecule has 108 valence electrons. The van der Waals surface area contributed by atoms with Gasteiger partial charge in [0, 0.05) is 18.0 Å². The summed E-state index contributed by atoms with van der Waals surface area (Å²) in [5.74, 6) is 0.638. The lowest BCUT2D eigenvalue weighted by Gasteiger charge is -2.03. The zero-order valence-corrected chi connectivity index (χ0v) is 13.3. The number of nitrogens with zero attached hydrogens (tertiary/aromatic N) is 2. The summed E-state index contributed by atoms with van der Waals surface area (Å²) < 4.78 is 0. The summed E-state index contributed by atoms with van der Waals surface area (Å²) in [6, 6.07) is 7.91. The highest BCUT2D eigenvalue weighted by Gasteiger charge is 2.05. The van der Waals surface area contributed by atoms with E-state index in [0.717, 1.165) is 11.1 Å². The molecule has 3 nitrogen and oxygen atoms in total. The van der Waals surface area contributed by atoms with Crippen molar-refractivity contribution < 1.29 is 4.79 Å². The molecule has 0 spiro atoms. The Morgan fingerprint density at radius 3 is 1.90 bits per heavy atom. The van der Waals surface area contributed by atoms with E-state index < -0.39 is 0 Å². The Kier molecular flexibility index (Phi) is 8.84. The van der Waals surface area contributed by atoms with Crippen LogP contribution in [0.4, 0.5) is 0 Å². The normalized spacial score (nSPS) is 8.70. The molecule has 1 aromatic carbocycles. The molecule has 1 aromatic heterocycles. The van der Waals surface area contributed by atoms with E-state index in [-0.39, 0.29) is 5.78 Å². The Hall–Kier alpha value is -2.03. The van der Waals surface area contributed by atoms with Crippen LogP contribution in [-0.2, 0) is 0 Å². The van der Waals surface area contributed by atoms with Gasteiger partial charge in [0.15, 0.2) is 11.6 Å². The zero-order chi connectivity index (χ0) is 15.5. The molecule has 0 aliphatic carbocycles. The van der Waals surface area contributed by atoms with Gasteiger partial charge in [-0.3, -0.25) is 4.79 Å². The minimum Gasteiger partial charge on any atom is -0.294 e. The van der Waals surface area contributed by atoms with Gasteiger partial charge in [0.25, 0.3) is 0 Å². The summed E-state index contributed by atoms with van der Waals surface area (Å²) in [5.41, 5.74) is 2.66. The molecule has 0 unspecified atom stereocenters.